The first-order chi connectivity index (χ1) is 19.7. The van der Waals surface area contributed by atoms with Crippen LogP contribution in [0.5, 0.6) is 0 Å². The standard InChI is InChI=1S/2C11H16N2.C6H3N3O6/c2*12-11-8-4-5-9-13(11)10-6-2-1-3-7-10;10-7(11)4-1-5(8(12)13)3-6(2-4)9(14)15/h2*1-3,6-7,11H,4-5,8-9,12H2;1-3H. The third-order valence-corrected chi connectivity index (χ3v) is 6.79. The minimum atomic E-state index is -0.931. The summed E-state index contributed by atoms with van der Waals surface area (Å²) < 4.78 is 0. The number of hydrogen-bond acceptors (Lipinski definition) is 10. The van der Waals surface area contributed by atoms with Crippen LogP contribution in [-0.2, 0) is 0 Å². The maximum absolute atomic E-state index is 10.3. The van der Waals surface area contributed by atoms with E-state index in [2.05, 4.69) is 58.3 Å². The van der Waals surface area contributed by atoms with Crippen molar-refractivity contribution in [2.45, 2.75) is 50.9 Å². The Bertz CT molecular complexity index is 1160. The summed E-state index contributed by atoms with van der Waals surface area (Å²) in [5.41, 5.74) is 12.5. The van der Waals surface area contributed by atoms with Gasteiger partial charge < -0.3 is 21.3 Å². The SMILES string of the molecule is NC1CCCCN1c1ccccc1.NC1CCCCN1c1ccccc1.O=[N+]([O-])c1cc([N+](=O)[O-])cc([N+](=O)[O-])c1. The molecule has 218 valence electrons. The molecule has 41 heavy (non-hydrogen) atoms. The molecule has 3 aromatic carbocycles. The molecular weight excluding hydrogens is 530 g/mol. The molecule has 0 amide bonds. The summed E-state index contributed by atoms with van der Waals surface area (Å²) in [6.07, 6.45) is 7.75. The van der Waals surface area contributed by atoms with Gasteiger partial charge in [-0.05, 0) is 62.8 Å². The van der Waals surface area contributed by atoms with E-state index in [1.165, 1.54) is 37.1 Å². The first-order valence-corrected chi connectivity index (χ1v) is 13.4. The van der Waals surface area contributed by atoms with E-state index in [0.29, 0.717) is 18.2 Å². The number of hydrogen-bond donors (Lipinski definition) is 2. The zero-order valence-electron chi connectivity index (χ0n) is 22.7. The molecular formula is C28H35N7O6. The fourth-order valence-electron chi connectivity index (χ4n) is 4.69. The van der Waals surface area contributed by atoms with Gasteiger partial charge in [0.2, 0.25) is 0 Å². The highest BCUT2D eigenvalue weighted by atomic mass is 16.6. The van der Waals surface area contributed by atoms with Gasteiger partial charge in [0.1, 0.15) is 0 Å². The van der Waals surface area contributed by atoms with Crippen molar-refractivity contribution in [1.82, 2.24) is 0 Å². The first-order valence-electron chi connectivity index (χ1n) is 13.4. The van der Waals surface area contributed by atoms with Crippen molar-refractivity contribution < 1.29 is 14.8 Å². The maximum atomic E-state index is 10.3. The van der Waals surface area contributed by atoms with Gasteiger partial charge >= 0.3 is 0 Å². The van der Waals surface area contributed by atoms with Gasteiger partial charge in [-0.25, -0.2) is 0 Å². The Morgan fingerprint density at radius 2 is 0.878 bits per heavy atom. The summed E-state index contributed by atoms with van der Waals surface area (Å²) >= 11 is 0. The van der Waals surface area contributed by atoms with Gasteiger partial charge in [-0.15, -0.1) is 0 Å². The lowest BCUT2D eigenvalue weighted by Gasteiger charge is -2.34. The molecule has 0 spiro atoms. The fourth-order valence-corrected chi connectivity index (χ4v) is 4.69. The van der Waals surface area contributed by atoms with Gasteiger partial charge in [0.05, 0.1) is 45.3 Å². The van der Waals surface area contributed by atoms with Crippen LogP contribution in [0.1, 0.15) is 38.5 Å². The second-order valence-electron chi connectivity index (χ2n) is 9.66. The number of nitro benzene ring substituents is 3. The van der Waals surface area contributed by atoms with E-state index in [1.54, 1.807) is 0 Å². The number of para-hydroxylation sites is 2. The molecule has 2 atom stereocenters. The van der Waals surface area contributed by atoms with Gasteiger partial charge in [0.25, 0.3) is 17.1 Å². The van der Waals surface area contributed by atoms with Gasteiger partial charge in [-0.1, -0.05) is 36.4 Å². The number of nitrogens with zero attached hydrogens (tertiary/aromatic N) is 5. The third kappa shape index (κ3) is 9.22. The van der Waals surface area contributed by atoms with Crippen molar-refractivity contribution in [3.8, 4) is 0 Å². The molecule has 0 radical (unpaired) electrons. The van der Waals surface area contributed by atoms with Crippen LogP contribution in [0.4, 0.5) is 28.4 Å². The topological polar surface area (TPSA) is 188 Å². The number of nitro groups is 3. The maximum Gasteiger partial charge on any atom is 0.283 e. The summed E-state index contributed by atoms with van der Waals surface area (Å²) in [7, 11) is 0. The summed E-state index contributed by atoms with van der Waals surface area (Å²) in [5, 5.41) is 30.9. The highest BCUT2D eigenvalue weighted by molar-refractivity contribution is 5.53. The number of non-ortho nitro benzene ring substituents is 3. The number of benzene rings is 3. The second-order valence-corrected chi connectivity index (χ2v) is 9.66. The lowest BCUT2D eigenvalue weighted by Crippen LogP contribution is -2.45. The summed E-state index contributed by atoms with van der Waals surface area (Å²) in [6.45, 7) is 2.20. The van der Waals surface area contributed by atoms with Gasteiger partial charge in [0.15, 0.2) is 0 Å². The van der Waals surface area contributed by atoms with Crippen molar-refractivity contribution in [1.29, 1.82) is 0 Å². The molecule has 13 heteroatoms. The molecule has 0 aromatic heterocycles. The van der Waals surface area contributed by atoms with E-state index in [4.69, 9.17) is 11.5 Å². The van der Waals surface area contributed by atoms with Crippen LogP contribution in [0.15, 0.2) is 78.9 Å². The van der Waals surface area contributed by atoms with Gasteiger partial charge in [0, 0.05) is 24.5 Å². The average Bonchev–Trinajstić information content (AvgIpc) is 2.99. The predicted octanol–water partition coefficient (Wildman–Crippen LogP) is 5.33. The van der Waals surface area contributed by atoms with E-state index in [9.17, 15) is 30.3 Å². The molecule has 0 saturated carbocycles. The van der Waals surface area contributed by atoms with E-state index in [1.807, 2.05) is 12.1 Å². The van der Waals surface area contributed by atoms with E-state index >= 15 is 0 Å². The average molecular weight is 566 g/mol. The van der Waals surface area contributed by atoms with Crippen molar-refractivity contribution in [3.05, 3.63) is 109 Å². The number of piperidine rings is 2. The van der Waals surface area contributed by atoms with Crippen LogP contribution in [0, 0.1) is 30.3 Å². The Morgan fingerprint density at radius 3 is 1.15 bits per heavy atom. The Morgan fingerprint density at radius 1 is 0.561 bits per heavy atom. The second kappa shape index (κ2) is 15.2. The van der Waals surface area contributed by atoms with Crippen LogP contribution in [0.3, 0.4) is 0 Å². The smallest absolute Gasteiger partial charge is 0.283 e. The summed E-state index contributed by atoms with van der Waals surface area (Å²) in [6, 6.07) is 22.8. The molecule has 2 aliphatic rings. The van der Waals surface area contributed by atoms with Crippen LogP contribution in [-0.4, -0.2) is 40.2 Å². The van der Waals surface area contributed by atoms with Crippen molar-refractivity contribution in [2.75, 3.05) is 22.9 Å². The third-order valence-electron chi connectivity index (χ3n) is 6.79. The van der Waals surface area contributed by atoms with E-state index in [0.717, 1.165) is 25.9 Å². The fraction of sp³-hybridized carbons (Fsp3) is 0.357. The van der Waals surface area contributed by atoms with E-state index in [-0.39, 0.29) is 12.3 Å². The lowest BCUT2D eigenvalue weighted by atomic mass is 10.1. The molecule has 2 heterocycles. The largest absolute Gasteiger partial charge is 0.356 e. The van der Waals surface area contributed by atoms with Crippen LogP contribution in [0.25, 0.3) is 0 Å². The Balaban J connectivity index is 0.000000170. The highest BCUT2D eigenvalue weighted by Crippen LogP contribution is 2.27. The Labute approximate surface area is 237 Å². The van der Waals surface area contributed by atoms with Crippen molar-refractivity contribution in [3.63, 3.8) is 0 Å². The van der Waals surface area contributed by atoms with Crippen LogP contribution < -0.4 is 21.3 Å². The molecule has 5 rings (SSSR count). The zero-order chi connectivity index (χ0) is 29.8. The lowest BCUT2D eigenvalue weighted by molar-refractivity contribution is -0.403. The molecule has 2 unspecified atom stereocenters. The molecule has 0 aliphatic carbocycles. The Hall–Kier alpha value is -4.62. The van der Waals surface area contributed by atoms with Crippen molar-refractivity contribution >= 4 is 28.4 Å². The summed E-state index contributed by atoms with van der Waals surface area (Å²) in [4.78, 5) is 32.7. The minimum absolute atomic E-state index is 0.219. The molecule has 3 aromatic rings. The predicted molar refractivity (Wildman–Crippen MR) is 158 cm³/mol. The molecule has 2 aliphatic heterocycles. The van der Waals surface area contributed by atoms with Crippen LogP contribution >= 0.6 is 0 Å². The molecule has 13 nitrogen and oxygen atoms in total. The quantitative estimate of drug-likeness (QED) is 0.302. The number of rotatable bonds is 5. The van der Waals surface area contributed by atoms with Gasteiger partial charge in [-0.3, -0.25) is 30.3 Å². The molecule has 0 bridgehead atoms. The molecule has 4 N–H and O–H groups in total. The normalized spacial score (nSPS) is 18.2. The van der Waals surface area contributed by atoms with Crippen LogP contribution in [0.2, 0.25) is 0 Å². The molecule has 2 fully saturated rings. The minimum Gasteiger partial charge on any atom is -0.356 e. The number of anilines is 2. The monoisotopic (exact) mass is 565 g/mol. The zero-order valence-corrected chi connectivity index (χ0v) is 22.7. The number of nitrogens with two attached hydrogens (primary N) is 2. The van der Waals surface area contributed by atoms with E-state index < -0.39 is 31.8 Å². The van der Waals surface area contributed by atoms with Crippen molar-refractivity contribution in [2.24, 2.45) is 11.5 Å². The highest BCUT2D eigenvalue weighted by Gasteiger charge is 2.22. The van der Waals surface area contributed by atoms with Gasteiger partial charge in [-0.2, -0.15) is 0 Å². The molecule has 2 saturated heterocycles. The first kappa shape index (κ1) is 30.9. The summed E-state index contributed by atoms with van der Waals surface area (Å²) in [5.74, 6) is 0. The Kier molecular flexibility index (Phi) is 11.5.